The van der Waals surface area contributed by atoms with E-state index in [2.05, 4.69) is 0 Å². The Kier molecular flexibility index (Phi) is 1.71. The summed E-state index contributed by atoms with van der Waals surface area (Å²) >= 11 is 0. The van der Waals surface area contributed by atoms with E-state index in [1.165, 1.54) is 6.92 Å². The first-order valence-electron chi connectivity index (χ1n) is 1.97. The molecule has 0 aliphatic carbocycles. The Morgan fingerprint density at radius 2 is 1.71 bits per heavy atom. The zero-order chi connectivity index (χ0) is 6.08. The summed E-state index contributed by atoms with van der Waals surface area (Å²) in [6.45, 7) is 1.34. The van der Waals surface area contributed by atoms with Crippen LogP contribution in [-0.4, -0.2) is 17.0 Å². The zero-order valence-electron chi connectivity index (χ0n) is 4.26. The van der Waals surface area contributed by atoms with Crippen LogP contribution in [0.15, 0.2) is 0 Å². The van der Waals surface area contributed by atoms with Crippen molar-refractivity contribution in [2.75, 3.05) is 0 Å². The summed E-state index contributed by atoms with van der Waals surface area (Å²) in [4.78, 5) is 0. The first-order chi connectivity index (χ1) is 2.94. The van der Waals surface area contributed by atoms with Crippen LogP contribution in [0, 0.1) is 0 Å². The van der Waals surface area contributed by atoms with E-state index in [9.17, 15) is 0 Å². The van der Waals surface area contributed by atoms with E-state index < -0.39 is 11.9 Å². The Morgan fingerprint density at radius 3 is 1.71 bits per heavy atom. The fourth-order valence-corrected chi connectivity index (χ4v) is 0. The quantitative estimate of drug-likeness (QED) is 0.287. The molecular formula is C3H11N3O. The minimum absolute atomic E-state index is 0.868. The van der Waals surface area contributed by atoms with Crippen molar-refractivity contribution in [3.63, 3.8) is 0 Å². The average Bonchev–Trinajstić information content (AvgIpc) is 1.31. The van der Waals surface area contributed by atoms with E-state index in [1.54, 1.807) is 0 Å². The van der Waals surface area contributed by atoms with Crippen LogP contribution in [0.2, 0.25) is 0 Å². The van der Waals surface area contributed by atoms with E-state index in [4.69, 9.17) is 22.3 Å². The van der Waals surface area contributed by atoms with Crippen LogP contribution in [0.25, 0.3) is 0 Å². The van der Waals surface area contributed by atoms with Crippen molar-refractivity contribution in [1.29, 1.82) is 0 Å². The summed E-state index contributed by atoms with van der Waals surface area (Å²) in [7, 11) is 0. The molecule has 0 radical (unpaired) electrons. The molecule has 0 bridgehead atoms. The van der Waals surface area contributed by atoms with Crippen LogP contribution in [0.5, 0.6) is 0 Å². The van der Waals surface area contributed by atoms with Gasteiger partial charge in [0.15, 0.2) is 0 Å². The number of hydrogen-bond donors (Lipinski definition) is 4. The minimum atomic E-state index is -1.44. The second-order valence-corrected chi connectivity index (χ2v) is 1.75. The predicted octanol–water partition coefficient (Wildman–Crippen LogP) is -2.10. The van der Waals surface area contributed by atoms with Crippen LogP contribution in [0.1, 0.15) is 6.92 Å². The number of rotatable bonds is 1. The second-order valence-electron chi connectivity index (χ2n) is 1.75. The molecule has 0 aliphatic heterocycles. The lowest BCUT2D eigenvalue weighted by Gasteiger charge is -2.20. The lowest BCUT2D eigenvalue weighted by Crippen LogP contribution is -2.57. The van der Waals surface area contributed by atoms with Gasteiger partial charge in [0.25, 0.3) is 0 Å². The maximum absolute atomic E-state index is 8.62. The van der Waals surface area contributed by atoms with Crippen molar-refractivity contribution in [2.24, 2.45) is 17.2 Å². The molecule has 4 nitrogen and oxygen atoms in total. The summed E-state index contributed by atoms with van der Waals surface area (Å²) in [5.74, 6) is 0. The number of nitrogens with two attached hydrogens (primary N) is 3. The minimum Gasteiger partial charge on any atom is -0.373 e. The van der Waals surface area contributed by atoms with Crippen molar-refractivity contribution in [2.45, 2.75) is 18.8 Å². The van der Waals surface area contributed by atoms with Crippen molar-refractivity contribution in [1.82, 2.24) is 0 Å². The maximum atomic E-state index is 8.62. The van der Waals surface area contributed by atoms with Crippen LogP contribution in [0.3, 0.4) is 0 Å². The third-order valence-electron chi connectivity index (χ3n) is 0.675. The fraction of sp³-hybridized carbons (Fsp3) is 1.00. The van der Waals surface area contributed by atoms with E-state index >= 15 is 0 Å². The predicted molar refractivity (Wildman–Crippen MR) is 27.0 cm³/mol. The molecule has 0 aliphatic rings. The highest BCUT2D eigenvalue weighted by Gasteiger charge is 2.18. The molecule has 0 aromatic rings. The molecule has 7 heavy (non-hydrogen) atoms. The molecule has 0 aromatic heterocycles. The standard InChI is InChI=1S/C3H11N3O/c1-3(6,7)2(4)5/h2,7H,4-6H2,1H3. The Morgan fingerprint density at radius 1 is 1.57 bits per heavy atom. The van der Waals surface area contributed by atoms with Gasteiger partial charge in [-0.05, 0) is 6.92 Å². The van der Waals surface area contributed by atoms with Gasteiger partial charge in [-0.25, -0.2) is 0 Å². The Hall–Kier alpha value is -0.160. The lowest BCUT2D eigenvalue weighted by molar-refractivity contribution is 0.0414. The third-order valence-corrected chi connectivity index (χ3v) is 0.675. The van der Waals surface area contributed by atoms with E-state index in [1.807, 2.05) is 0 Å². The van der Waals surface area contributed by atoms with Gasteiger partial charge in [-0.1, -0.05) is 0 Å². The zero-order valence-corrected chi connectivity index (χ0v) is 4.26. The smallest absolute Gasteiger partial charge is 0.138 e. The van der Waals surface area contributed by atoms with Gasteiger partial charge in [0.1, 0.15) is 5.72 Å². The molecule has 0 spiro atoms. The Bertz CT molecular complexity index is 55.7. The first-order valence-corrected chi connectivity index (χ1v) is 1.97. The highest BCUT2D eigenvalue weighted by molar-refractivity contribution is 4.71. The van der Waals surface area contributed by atoms with Crippen molar-refractivity contribution in [3.05, 3.63) is 0 Å². The van der Waals surface area contributed by atoms with E-state index in [-0.39, 0.29) is 0 Å². The summed E-state index contributed by atoms with van der Waals surface area (Å²) in [6, 6.07) is 0. The Labute approximate surface area is 42.3 Å². The van der Waals surface area contributed by atoms with Crippen LogP contribution in [0.4, 0.5) is 0 Å². The Balaban J connectivity index is 3.54. The topological polar surface area (TPSA) is 98.3 Å². The highest BCUT2D eigenvalue weighted by atomic mass is 16.3. The van der Waals surface area contributed by atoms with Gasteiger partial charge in [0.2, 0.25) is 0 Å². The SMILES string of the molecule is CC(N)(O)C(N)N. The normalized spacial score (nSPS) is 19.7. The molecule has 0 fully saturated rings. The largest absolute Gasteiger partial charge is 0.373 e. The van der Waals surface area contributed by atoms with E-state index in [0.29, 0.717) is 0 Å². The molecular weight excluding hydrogens is 94.1 g/mol. The van der Waals surface area contributed by atoms with Crippen LogP contribution in [-0.2, 0) is 0 Å². The van der Waals surface area contributed by atoms with E-state index in [0.717, 1.165) is 0 Å². The van der Waals surface area contributed by atoms with Crippen molar-refractivity contribution >= 4 is 0 Å². The van der Waals surface area contributed by atoms with Gasteiger partial charge in [0.05, 0.1) is 6.17 Å². The molecule has 0 saturated heterocycles. The molecule has 4 heteroatoms. The molecule has 1 atom stereocenters. The molecule has 44 valence electrons. The first kappa shape index (κ1) is 6.84. The molecule has 0 heterocycles. The van der Waals surface area contributed by atoms with Crippen molar-refractivity contribution < 1.29 is 5.11 Å². The van der Waals surface area contributed by atoms with Gasteiger partial charge in [-0.15, -0.1) is 0 Å². The summed E-state index contributed by atoms with van der Waals surface area (Å²) in [6.07, 6.45) is -0.868. The molecule has 0 aromatic carbocycles. The second kappa shape index (κ2) is 1.75. The molecule has 0 rings (SSSR count). The molecule has 1 unspecified atom stereocenters. The van der Waals surface area contributed by atoms with Crippen molar-refractivity contribution in [3.8, 4) is 0 Å². The molecule has 7 N–H and O–H groups in total. The maximum Gasteiger partial charge on any atom is 0.138 e. The van der Waals surface area contributed by atoms with Gasteiger partial charge in [-0.2, -0.15) is 0 Å². The fourth-order valence-electron chi connectivity index (χ4n) is 0. The van der Waals surface area contributed by atoms with Gasteiger partial charge < -0.3 is 22.3 Å². The van der Waals surface area contributed by atoms with Crippen LogP contribution < -0.4 is 17.2 Å². The van der Waals surface area contributed by atoms with Gasteiger partial charge in [0, 0.05) is 0 Å². The van der Waals surface area contributed by atoms with Gasteiger partial charge in [-0.3, -0.25) is 0 Å². The molecule has 0 saturated carbocycles. The molecule has 0 amide bonds. The summed E-state index contributed by atoms with van der Waals surface area (Å²) in [5, 5.41) is 8.62. The lowest BCUT2D eigenvalue weighted by atomic mass is 10.2. The summed E-state index contributed by atoms with van der Waals surface area (Å²) < 4.78 is 0. The number of hydrogen-bond acceptors (Lipinski definition) is 4. The number of aliphatic hydroxyl groups is 1. The highest BCUT2D eigenvalue weighted by Crippen LogP contribution is 1.89. The summed E-state index contributed by atoms with van der Waals surface area (Å²) in [5.41, 5.74) is 13.5. The monoisotopic (exact) mass is 105 g/mol. The van der Waals surface area contributed by atoms with Crippen LogP contribution >= 0.6 is 0 Å². The third kappa shape index (κ3) is 2.52. The average molecular weight is 105 g/mol. The van der Waals surface area contributed by atoms with Gasteiger partial charge >= 0.3 is 0 Å².